The molecule has 4 bridgehead atoms. The van der Waals surface area contributed by atoms with Crippen molar-refractivity contribution >= 4 is 21.6 Å². The van der Waals surface area contributed by atoms with Gasteiger partial charge in [-0.1, -0.05) is 15.9 Å². The third-order valence-corrected chi connectivity index (χ3v) is 6.06. The van der Waals surface area contributed by atoms with Crippen LogP contribution in [0.3, 0.4) is 0 Å². The molecule has 0 heterocycles. The van der Waals surface area contributed by atoms with Crippen molar-refractivity contribution in [2.45, 2.75) is 45.1 Å². The molecule has 4 saturated carbocycles. The standard InChI is InChI=1S/C17H22BrN/c1-10-2-15(18)9-16(3-10)19-17-13-5-11-4-12(7-13)8-14(17)6-11/h2-3,9,11-14,17,19H,4-8H2,1H3. The first-order valence-corrected chi connectivity index (χ1v) is 8.50. The number of aryl methyl sites for hydroxylation is 1. The van der Waals surface area contributed by atoms with Gasteiger partial charge in [0.15, 0.2) is 0 Å². The van der Waals surface area contributed by atoms with E-state index < -0.39 is 0 Å². The van der Waals surface area contributed by atoms with E-state index in [0.29, 0.717) is 0 Å². The van der Waals surface area contributed by atoms with Gasteiger partial charge in [0.25, 0.3) is 0 Å². The molecule has 0 saturated heterocycles. The van der Waals surface area contributed by atoms with Crippen LogP contribution in [0.5, 0.6) is 0 Å². The number of nitrogens with one attached hydrogen (secondary N) is 1. The molecule has 1 aromatic rings. The molecular formula is C17H22BrN. The van der Waals surface area contributed by atoms with Crippen molar-refractivity contribution in [1.82, 2.24) is 0 Å². The third-order valence-electron chi connectivity index (χ3n) is 5.60. The topological polar surface area (TPSA) is 12.0 Å². The molecule has 102 valence electrons. The predicted molar refractivity (Wildman–Crippen MR) is 83.3 cm³/mol. The molecule has 1 aromatic carbocycles. The Bertz CT molecular complexity index is 448. The lowest BCUT2D eigenvalue weighted by atomic mass is 9.54. The van der Waals surface area contributed by atoms with Crippen LogP contribution in [0.4, 0.5) is 5.69 Å². The van der Waals surface area contributed by atoms with Gasteiger partial charge >= 0.3 is 0 Å². The summed E-state index contributed by atoms with van der Waals surface area (Å²) in [6, 6.07) is 7.44. The quantitative estimate of drug-likeness (QED) is 0.809. The SMILES string of the molecule is Cc1cc(Br)cc(NC2C3CC4CC(C3)CC2C4)c1. The molecule has 2 heteroatoms. The summed E-state index contributed by atoms with van der Waals surface area (Å²) in [6.07, 6.45) is 7.47. The molecule has 4 aliphatic carbocycles. The summed E-state index contributed by atoms with van der Waals surface area (Å²) in [5.41, 5.74) is 2.64. The molecule has 0 aliphatic heterocycles. The first-order chi connectivity index (χ1) is 9.17. The van der Waals surface area contributed by atoms with E-state index in [0.717, 1.165) is 29.7 Å². The Morgan fingerprint density at radius 2 is 1.58 bits per heavy atom. The van der Waals surface area contributed by atoms with Gasteiger partial charge < -0.3 is 5.32 Å². The first kappa shape index (κ1) is 12.3. The molecule has 19 heavy (non-hydrogen) atoms. The largest absolute Gasteiger partial charge is 0.382 e. The summed E-state index contributed by atoms with van der Waals surface area (Å²) in [5.74, 6) is 4.00. The van der Waals surface area contributed by atoms with E-state index in [1.807, 2.05) is 0 Å². The van der Waals surface area contributed by atoms with Crippen molar-refractivity contribution in [2.24, 2.45) is 23.7 Å². The average molecular weight is 320 g/mol. The van der Waals surface area contributed by atoms with E-state index in [9.17, 15) is 0 Å². The van der Waals surface area contributed by atoms with Crippen molar-refractivity contribution in [2.75, 3.05) is 5.32 Å². The summed E-state index contributed by atoms with van der Waals surface area (Å²) in [4.78, 5) is 0. The Morgan fingerprint density at radius 3 is 2.16 bits per heavy atom. The van der Waals surface area contributed by atoms with Crippen LogP contribution in [0.2, 0.25) is 0 Å². The maximum Gasteiger partial charge on any atom is 0.0356 e. The van der Waals surface area contributed by atoms with Crippen LogP contribution in [0.15, 0.2) is 22.7 Å². The molecule has 0 unspecified atom stereocenters. The van der Waals surface area contributed by atoms with E-state index in [4.69, 9.17) is 0 Å². The zero-order chi connectivity index (χ0) is 13.0. The van der Waals surface area contributed by atoms with Crippen LogP contribution in [-0.4, -0.2) is 6.04 Å². The number of rotatable bonds is 2. The van der Waals surface area contributed by atoms with E-state index in [2.05, 4.69) is 46.4 Å². The van der Waals surface area contributed by atoms with E-state index >= 15 is 0 Å². The van der Waals surface area contributed by atoms with Gasteiger partial charge in [-0.05, 0) is 86.5 Å². The molecule has 4 fully saturated rings. The van der Waals surface area contributed by atoms with Gasteiger partial charge in [-0.3, -0.25) is 0 Å². The Balaban J connectivity index is 1.56. The second-order valence-electron chi connectivity index (χ2n) is 7.12. The minimum Gasteiger partial charge on any atom is -0.382 e. The van der Waals surface area contributed by atoms with Gasteiger partial charge in [-0.15, -0.1) is 0 Å². The molecule has 0 atom stereocenters. The normalized spacial score (nSPS) is 39.6. The van der Waals surface area contributed by atoms with Gasteiger partial charge in [0.2, 0.25) is 0 Å². The fraction of sp³-hybridized carbons (Fsp3) is 0.647. The van der Waals surface area contributed by atoms with Crippen LogP contribution in [-0.2, 0) is 0 Å². The van der Waals surface area contributed by atoms with Crippen molar-refractivity contribution < 1.29 is 0 Å². The van der Waals surface area contributed by atoms with Crippen LogP contribution in [0.1, 0.15) is 37.7 Å². The van der Waals surface area contributed by atoms with Crippen LogP contribution < -0.4 is 5.32 Å². The van der Waals surface area contributed by atoms with E-state index in [1.54, 1.807) is 0 Å². The number of benzene rings is 1. The molecule has 4 aliphatic rings. The lowest BCUT2D eigenvalue weighted by molar-refractivity contribution is 0.00754. The Labute approximate surface area is 124 Å². The number of anilines is 1. The first-order valence-electron chi connectivity index (χ1n) is 7.71. The zero-order valence-electron chi connectivity index (χ0n) is 11.5. The molecule has 0 amide bonds. The maximum absolute atomic E-state index is 3.88. The summed E-state index contributed by atoms with van der Waals surface area (Å²) in [6.45, 7) is 2.17. The van der Waals surface area contributed by atoms with Crippen LogP contribution in [0.25, 0.3) is 0 Å². The van der Waals surface area contributed by atoms with Crippen molar-refractivity contribution in [1.29, 1.82) is 0 Å². The van der Waals surface area contributed by atoms with Gasteiger partial charge in [0, 0.05) is 16.2 Å². The van der Waals surface area contributed by atoms with Crippen molar-refractivity contribution in [3.8, 4) is 0 Å². The fourth-order valence-electron chi connectivity index (χ4n) is 5.17. The maximum atomic E-state index is 3.88. The van der Waals surface area contributed by atoms with Gasteiger partial charge in [0.1, 0.15) is 0 Å². The average Bonchev–Trinajstić information content (AvgIpc) is 2.31. The predicted octanol–water partition coefficient (Wildman–Crippen LogP) is 4.99. The Hall–Kier alpha value is -0.500. The fourth-order valence-corrected chi connectivity index (χ4v) is 5.78. The Morgan fingerprint density at radius 1 is 0.947 bits per heavy atom. The molecule has 5 rings (SSSR count). The highest BCUT2D eigenvalue weighted by Crippen LogP contribution is 2.54. The van der Waals surface area contributed by atoms with E-state index in [-0.39, 0.29) is 0 Å². The summed E-state index contributed by atoms with van der Waals surface area (Å²) >= 11 is 3.62. The van der Waals surface area contributed by atoms with Crippen LogP contribution in [0, 0.1) is 30.6 Å². The lowest BCUT2D eigenvalue weighted by Gasteiger charge is -2.54. The highest BCUT2D eigenvalue weighted by atomic mass is 79.9. The van der Waals surface area contributed by atoms with Gasteiger partial charge in [-0.2, -0.15) is 0 Å². The lowest BCUT2D eigenvalue weighted by Crippen LogP contribution is -2.51. The summed E-state index contributed by atoms with van der Waals surface area (Å²) in [7, 11) is 0. The van der Waals surface area contributed by atoms with Crippen molar-refractivity contribution in [3.63, 3.8) is 0 Å². The molecule has 1 N–H and O–H groups in total. The molecule has 0 aromatic heterocycles. The number of halogens is 1. The zero-order valence-corrected chi connectivity index (χ0v) is 13.1. The van der Waals surface area contributed by atoms with Crippen molar-refractivity contribution in [3.05, 3.63) is 28.2 Å². The van der Waals surface area contributed by atoms with Gasteiger partial charge in [0.05, 0.1) is 0 Å². The molecular weight excluding hydrogens is 298 g/mol. The monoisotopic (exact) mass is 319 g/mol. The summed E-state index contributed by atoms with van der Waals surface area (Å²) < 4.78 is 1.19. The van der Waals surface area contributed by atoms with Crippen LogP contribution >= 0.6 is 15.9 Å². The highest BCUT2D eigenvalue weighted by molar-refractivity contribution is 9.10. The Kier molecular flexibility index (Phi) is 2.91. The van der Waals surface area contributed by atoms with Gasteiger partial charge in [-0.25, -0.2) is 0 Å². The smallest absolute Gasteiger partial charge is 0.0356 e. The third kappa shape index (κ3) is 2.22. The minimum atomic E-state index is 0.737. The second-order valence-corrected chi connectivity index (χ2v) is 8.03. The minimum absolute atomic E-state index is 0.737. The molecule has 1 nitrogen and oxygen atoms in total. The molecule has 0 radical (unpaired) electrons. The summed E-state index contributed by atoms with van der Waals surface area (Å²) in [5, 5.41) is 3.88. The second kappa shape index (κ2) is 4.51. The number of hydrogen-bond donors (Lipinski definition) is 1. The number of hydrogen-bond acceptors (Lipinski definition) is 1. The highest BCUT2D eigenvalue weighted by Gasteiger charge is 2.48. The molecule has 0 spiro atoms. The van der Waals surface area contributed by atoms with E-state index in [1.165, 1.54) is 47.8 Å².